The number of aryl methyl sites for hydroxylation is 2. The van der Waals surface area contributed by atoms with Crippen LogP contribution in [0.25, 0.3) is 0 Å². The smallest absolute Gasteiger partial charge is 0.360 e. The SMILES string of the molecule is CCOC(=O)c1nnn(CCc2cccnc2)c1C. The summed E-state index contributed by atoms with van der Waals surface area (Å²) in [6, 6.07) is 3.90. The fourth-order valence-corrected chi connectivity index (χ4v) is 1.74. The van der Waals surface area contributed by atoms with Crippen LogP contribution in [0.4, 0.5) is 0 Å². The summed E-state index contributed by atoms with van der Waals surface area (Å²) in [4.78, 5) is 15.7. The highest BCUT2D eigenvalue weighted by atomic mass is 16.5. The fraction of sp³-hybridized carbons (Fsp3) is 0.385. The first-order valence-electron chi connectivity index (χ1n) is 6.18. The van der Waals surface area contributed by atoms with Crippen LogP contribution in [0.3, 0.4) is 0 Å². The van der Waals surface area contributed by atoms with Crippen molar-refractivity contribution in [3.8, 4) is 0 Å². The fourth-order valence-electron chi connectivity index (χ4n) is 1.74. The van der Waals surface area contributed by atoms with Crippen molar-refractivity contribution in [3.63, 3.8) is 0 Å². The molecule has 0 bridgehead atoms. The van der Waals surface area contributed by atoms with Crippen molar-refractivity contribution in [3.05, 3.63) is 41.5 Å². The van der Waals surface area contributed by atoms with Gasteiger partial charge in [-0.15, -0.1) is 5.10 Å². The van der Waals surface area contributed by atoms with E-state index < -0.39 is 5.97 Å². The molecular weight excluding hydrogens is 244 g/mol. The highest BCUT2D eigenvalue weighted by Gasteiger charge is 2.17. The molecule has 2 aromatic rings. The number of carbonyl (C=O) groups excluding carboxylic acids is 1. The standard InChI is InChI=1S/C13H16N4O2/c1-3-19-13(18)12-10(2)17(16-15-12)8-6-11-5-4-7-14-9-11/h4-5,7,9H,3,6,8H2,1-2H3. The van der Waals surface area contributed by atoms with Gasteiger partial charge in [-0.3, -0.25) is 4.98 Å². The van der Waals surface area contributed by atoms with Gasteiger partial charge in [0.05, 0.1) is 12.3 Å². The molecule has 2 heterocycles. The molecule has 0 unspecified atom stereocenters. The van der Waals surface area contributed by atoms with E-state index in [9.17, 15) is 4.79 Å². The van der Waals surface area contributed by atoms with E-state index in [1.54, 1.807) is 17.8 Å². The number of pyridine rings is 1. The maximum Gasteiger partial charge on any atom is 0.360 e. The van der Waals surface area contributed by atoms with E-state index in [4.69, 9.17) is 4.74 Å². The van der Waals surface area contributed by atoms with Gasteiger partial charge in [0.25, 0.3) is 0 Å². The van der Waals surface area contributed by atoms with E-state index in [1.165, 1.54) is 0 Å². The number of rotatable bonds is 5. The molecule has 100 valence electrons. The Bertz CT molecular complexity index is 551. The summed E-state index contributed by atoms with van der Waals surface area (Å²) in [6.45, 7) is 4.57. The van der Waals surface area contributed by atoms with E-state index in [-0.39, 0.29) is 5.69 Å². The third-order valence-electron chi connectivity index (χ3n) is 2.79. The molecule has 0 aliphatic heterocycles. The van der Waals surface area contributed by atoms with Crippen LogP contribution >= 0.6 is 0 Å². The van der Waals surface area contributed by atoms with Crippen molar-refractivity contribution < 1.29 is 9.53 Å². The summed E-state index contributed by atoms with van der Waals surface area (Å²) in [5.41, 5.74) is 2.13. The highest BCUT2D eigenvalue weighted by molar-refractivity contribution is 5.88. The molecule has 0 radical (unpaired) electrons. The number of ether oxygens (including phenoxy) is 1. The third-order valence-corrected chi connectivity index (χ3v) is 2.79. The Labute approximate surface area is 111 Å². The molecule has 0 N–H and O–H groups in total. The summed E-state index contributed by atoms with van der Waals surface area (Å²) in [5.74, 6) is -0.423. The Morgan fingerprint density at radius 1 is 1.47 bits per heavy atom. The summed E-state index contributed by atoms with van der Waals surface area (Å²) >= 11 is 0. The number of carbonyl (C=O) groups is 1. The first-order chi connectivity index (χ1) is 9.22. The monoisotopic (exact) mass is 260 g/mol. The maximum atomic E-state index is 11.6. The molecule has 0 saturated carbocycles. The topological polar surface area (TPSA) is 69.9 Å². The van der Waals surface area contributed by atoms with Crippen molar-refractivity contribution >= 4 is 5.97 Å². The molecule has 2 aromatic heterocycles. The molecule has 6 nitrogen and oxygen atoms in total. The maximum absolute atomic E-state index is 11.6. The molecule has 0 amide bonds. The van der Waals surface area contributed by atoms with Gasteiger partial charge in [0.2, 0.25) is 0 Å². The van der Waals surface area contributed by atoms with E-state index in [0.717, 1.165) is 17.7 Å². The van der Waals surface area contributed by atoms with Crippen molar-refractivity contribution in [2.24, 2.45) is 0 Å². The van der Waals surface area contributed by atoms with Crippen LogP contribution in [-0.4, -0.2) is 32.6 Å². The van der Waals surface area contributed by atoms with Gasteiger partial charge in [-0.1, -0.05) is 11.3 Å². The zero-order valence-corrected chi connectivity index (χ0v) is 11.0. The van der Waals surface area contributed by atoms with Crippen LogP contribution in [0.2, 0.25) is 0 Å². The predicted molar refractivity (Wildman–Crippen MR) is 68.7 cm³/mol. The average molecular weight is 260 g/mol. The quantitative estimate of drug-likeness (QED) is 0.760. The number of aromatic nitrogens is 4. The Kier molecular flexibility index (Phi) is 4.22. The lowest BCUT2D eigenvalue weighted by Crippen LogP contribution is -2.09. The van der Waals surface area contributed by atoms with Crippen LogP contribution in [0.5, 0.6) is 0 Å². The Morgan fingerprint density at radius 2 is 2.32 bits per heavy atom. The van der Waals surface area contributed by atoms with E-state index >= 15 is 0 Å². The molecule has 0 fully saturated rings. The van der Waals surface area contributed by atoms with Gasteiger partial charge in [-0.25, -0.2) is 9.48 Å². The Morgan fingerprint density at radius 3 is 3.00 bits per heavy atom. The summed E-state index contributed by atoms with van der Waals surface area (Å²) in [7, 11) is 0. The van der Waals surface area contributed by atoms with Gasteiger partial charge in [0.15, 0.2) is 5.69 Å². The molecule has 0 spiro atoms. The second-order valence-electron chi connectivity index (χ2n) is 4.08. The minimum absolute atomic E-state index is 0.285. The number of esters is 1. The molecule has 6 heteroatoms. The van der Waals surface area contributed by atoms with Crippen LogP contribution in [-0.2, 0) is 17.7 Å². The molecule has 0 aromatic carbocycles. The highest BCUT2D eigenvalue weighted by Crippen LogP contribution is 2.07. The molecule has 0 aliphatic carbocycles. The van der Waals surface area contributed by atoms with Gasteiger partial charge in [0.1, 0.15) is 0 Å². The average Bonchev–Trinajstić information content (AvgIpc) is 2.79. The predicted octanol–water partition coefficient (Wildman–Crippen LogP) is 1.40. The second kappa shape index (κ2) is 6.08. The van der Waals surface area contributed by atoms with Gasteiger partial charge in [-0.2, -0.15) is 0 Å². The first-order valence-corrected chi connectivity index (χ1v) is 6.18. The van der Waals surface area contributed by atoms with Gasteiger partial charge < -0.3 is 4.74 Å². The lowest BCUT2D eigenvalue weighted by Gasteiger charge is -2.03. The number of hydrogen-bond donors (Lipinski definition) is 0. The third kappa shape index (κ3) is 3.15. The number of hydrogen-bond acceptors (Lipinski definition) is 5. The molecule has 2 rings (SSSR count). The van der Waals surface area contributed by atoms with Crippen LogP contribution in [0.1, 0.15) is 28.7 Å². The second-order valence-corrected chi connectivity index (χ2v) is 4.08. The summed E-state index contributed by atoms with van der Waals surface area (Å²) in [5, 5.41) is 7.85. The van der Waals surface area contributed by atoms with Crippen LogP contribution in [0.15, 0.2) is 24.5 Å². The lowest BCUT2D eigenvalue weighted by atomic mass is 10.2. The lowest BCUT2D eigenvalue weighted by molar-refractivity contribution is 0.0518. The van der Waals surface area contributed by atoms with Crippen molar-refractivity contribution in [1.29, 1.82) is 0 Å². The van der Waals surface area contributed by atoms with Crippen LogP contribution < -0.4 is 0 Å². The zero-order chi connectivity index (χ0) is 13.7. The van der Waals surface area contributed by atoms with Gasteiger partial charge in [-0.05, 0) is 31.9 Å². The van der Waals surface area contributed by atoms with Crippen LogP contribution in [0, 0.1) is 6.92 Å². The molecule has 19 heavy (non-hydrogen) atoms. The van der Waals surface area contributed by atoms with Crippen molar-refractivity contribution in [2.75, 3.05) is 6.61 Å². The van der Waals surface area contributed by atoms with E-state index in [0.29, 0.717) is 13.2 Å². The largest absolute Gasteiger partial charge is 0.461 e. The zero-order valence-electron chi connectivity index (χ0n) is 11.0. The normalized spacial score (nSPS) is 10.4. The molecule has 0 aliphatic rings. The minimum Gasteiger partial charge on any atom is -0.461 e. The minimum atomic E-state index is -0.423. The van der Waals surface area contributed by atoms with E-state index in [1.807, 2.05) is 25.3 Å². The first kappa shape index (κ1) is 13.2. The Balaban J connectivity index is 2.04. The molecular formula is C13H16N4O2. The van der Waals surface area contributed by atoms with Gasteiger partial charge in [0, 0.05) is 18.9 Å². The number of nitrogens with zero attached hydrogens (tertiary/aromatic N) is 4. The molecule has 0 saturated heterocycles. The van der Waals surface area contributed by atoms with E-state index in [2.05, 4.69) is 15.3 Å². The molecule has 0 atom stereocenters. The summed E-state index contributed by atoms with van der Waals surface area (Å²) < 4.78 is 6.63. The summed E-state index contributed by atoms with van der Waals surface area (Å²) in [6.07, 6.45) is 4.35. The van der Waals surface area contributed by atoms with Crippen molar-refractivity contribution in [2.45, 2.75) is 26.8 Å². The van der Waals surface area contributed by atoms with Gasteiger partial charge >= 0.3 is 5.97 Å². The Hall–Kier alpha value is -2.24. The van der Waals surface area contributed by atoms with Crippen molar-refractivity contribution in [1.82, 2.24) is 20.0 Å².